The van der Waals surface area contributed by atoms with Gasteiger partial charge in [0.15, 0.2) is 0 Å². The topological polar surface area (TPSA) is 64.7 Å². The first-order valence-corrected chi connectivity index (χ1v) is 11.1. The zero-order valence-corrected chi connectivity index (χ0v) is 18.4. The highest BCUT2D eigenvalue weighted by atomic mass is 19.4. The van der Waals surface area contributed by atoms with Crippen LogP contribution in [0.1, 0.15) is 35.6 Å². The van der Waals surface area contributed by atoms with E-state index in [4.69, 9.17) is 0 Å². The smallest absolute Gasteiger partial charge is 0.374 e. The van der Waals surface area contributed by atoms with Crippen molar-refractivity contribution < 1.29 is 22.8 Å². The lowest BCUT2D eigenvalue weighted by Gasteiger charge is -2.28. The molecule has 0 aromatic heterocycles. The Labute approximate surface area is 190 Å². The number of hydrogen-bond acceptors (Lipinski definition) is 4. The van der Waals surface area contributed by atoms with Crippen LogP contribution in [0.5, 0.6) is 0 Å². The number of carbonyl (C=O) groups is 2. The van der Waals surface area contributed by atoms with E-state index >= 15 is 0 Å². The first-order valence-electron chi connectivity index (χ1n) is 11.1. The number of rotatable bonds is 5. The standard InChI is InChI=1S/C24H27F3N4O2/c1-30-13-10-17-14-16(4-9-20(17)30)21(31-11-2-3-12-31)15-28-22(32)23(33)29-19-7-5-18(6-8-19)24(25,26)27/h4-9,14,21H,2-3,10-13,15H2,1H3,(H,28,32)(H,29,33)/t21-/m1/s1. The van der Waals surface area contributed by atoms with Crippen LogP contribution < -0.4 is 15.5 Å². The van der Waals surface area contributed by atoms with Gasteiger partial charge in [-0.25, -0.2) is 0 Å². The van der Waals surface area contributed by atoms with Gasteiger partial charge in [-0.05, 0) is 73.8 Å². The van der Waals surface area contributed by atoms with Gasteiger partial charge in [0, 0.05) is 31.5 Å². The van der Waals surface area contributed by atoms with Gasteiger partial charge in [0.25, 0.3) is 0 Å². The van der Waals surface area contributed by atoms with Crippen LogP contribution in [0.25, 0.3) is 0 Å². The highest BCUT2D eigenvalue weighted by Gasteiger charge is 2.30. The van der Waals surface area contributed by atoms with E-state index in [2.05, 4.69) is 45.7 Å². The Kier molecular flexibility index (Phi) is 6.60. The molecular formula is C24H27F3N4O2. The molecule has 2 aromatic carbocycles. The quantitative estimate of drug-likeness (QED) is 0.670. The van der Waals surface area contributed by atoms with Crippen molar-refractivity contribution in [3.05, 3.63) is 59.2 Å². The van der Waals surface area contributed by atoms with Gasteiger partial charge in [-0.3, -0.25) is 14.5 Å². The van der Waals surface area contributed by atoms with Crippen molar-refractivity contribution in [2.24, 2.45) is 0 Å². The maximum atomic E-state index is 12.7. The van der Waals surface area contributed by atoms with Crippen LogP contribution in [-0.4, -0.2) is 49.9 Å². The molecule has 0 saturated carbocycles. The van der Waals surface area contributed by atoms with Crippen molar-refractivity contribution in [2.75, 3.05) is 43.4 Å². The normalized spacial score (nSPS) is 17.0. The molecule has 1 saturated heterocycles. The summed E-state index contributed by atoms with van der Waals surface area (Å²) in [4.78, 5) is 29.2. The number of fused-ring (bicyclic) bond motifs is 1. The number of anilines is 2. The second-order valence-corrected chi connectivity index (χ2v) is 8.56. The average Bonchev–Trinajstić information content (AvgIpc) is 3.44. The summed E-state index contributed by atoms with van der Waals surface area (Å²) < 4.78 is 38.1. The summed E-state index contributed by atoms with van der Waals surface area (Å²) in [5.41, 5.74) is 2.92. The highest BCUT2D eigenvalue weighted by Crippen LogP contribution is 2.32. The number of carbonyl (C=O) groups excluding carboxylic acids is 2. The Balaban J connectivity index is 1.40. The fraction of sp³-hybridized carbons (Fsp3) is 0.417. The molecule has 4 rings (SSSR count). The Morgan fingerprint density at radius 3 is 2.36 bits per heavy atom. The minimum Gasteiger partial charge on any atom is -0.374 e. The number of nitrogens with zero attached hydrogens (tertiary/aromatic N) is 2. The van der Waals surface area contributed by atoms with Gasteiger partial charge in [-0.2, -0.15) is 13.2 Å². The lowest BCUT2D eigenvalue weighted by Crippen LogP contribution is -2.41. The third kappa shape index (κ3) is 5.30. The monoisotopic (exact) mass is 460 g/mol. The Morgan fingerprint density at radius 2 is 1.70 bits per heavy atom. The van der Waals surface area contributed by atoms with E-state index in [0.29, 0.717) is 0 Å². The first kappa shape index (κ1) is 23.1. The molecule has 0 unspecified atom stereocenters. The molecule has 1 atom stereocenters. The van der Waals surface area contributed by atoms with Crippen molar-refractivity contribution in [3.8, 4) is 0 Å². The molecule has 0 radical (unpaired) electrons. The van der Waals surface area contributed by atoms with Crippen LogP contribution in [0, 0.1) is 0 Å². The van der Waals surface area contributed by atoms with Gasteiger partial charge in [-0.1, -0.05) is 12.1 Å². The molecule has 2 aliphatic heterocycles. The Hall–Kier alpha value is -3.07. The van der Waals surface area contributed by atoms with E-state index in [-0.39, 0.29) is 18.3 Å². The number of alkyl halides is 3. The molecule has 0 aliphatic carbocycles. The number of nitrogens with one attached hydrogen (secondary N) is 2. The Bertz CT molecular complexity index is 1020. The van der Waals surface area contributed by atoms with Crippen molar-refractivity contribution in [2.45, 2.75) is 31.5 Å². The van der Waals surface area contributed by atoms with Gasteiger partial charge in [0.2, 0.25) is 0 Å². The van der Waals surface area contributed by atoms with Crippen LogP contribution in [0.4, 0.5) is 24.5 Å². The summed E-state index contributed by atoms with van der Waals surface area (Å²) >= 11 is 0. The molecule has 2 aliphatic rings. The molecule has 1 fully saturated rings. The lowest BCUT2D eigenvalue weighted by molar-refractivity contribution is -0.137. The van der Waals surface area contributed by atoms with Gasteiger partial charge in [0.05, 0.1) is 11.6 Å². The summed E-state index contributed by atoms with van der Waals surface area (Å²) in [5, 5.41) is 5.06. The molecule has 33 heavy (non-hydrogen) atoms. The van der Waals surface area contributed by atoms with E-state index in [1.807, 2.05) is 0 Å². The fourth-order valence-corrected chi connectivity index (χ4v) is 4.51. The van der Waals surface area contributed by atoms with Crippen LogP contribution in [0.15, 0.2) is 42.5 Å². The van der Waals surface area contributed by atoms with Crippen LogP contribution in [0.2, 0.25) is 0 Å². The third-order valence-corrected chi connectivity index (χ3v) is 6.33. The van der Waals surface area contributed by atoms with E-state index in [9.17, 15) is 22.8 Å². The maximum absolute atomic E-state index is 12.7. The van der Waals surface area contributed by atoms with Crippen molar-refractivity contribution in [1.29, 1.82) is 0 Å². The lowest BCUT2D eigenvalue weighted by atomic mass is 10.0. The van der Waals surface area contributed by atoms with Crippen molar-refractivity contribution in [1.82, 2.24) is 10.2 Å². The second kappa shape index (κ2) is 9.43. The third-order valence-electron chi connectivity index (χ3n) is 6.33. The molecule has 0 bridgehead atoms. The maximum Gasteiger partial charge on any atom is 0.416 e. The van der Waals surface area contributed by atoms with Gasteiger partial charge < -0.3 is 15.5 Å². The van der Waals surface area contributed by atoms with Crippen molar-refractivity contribution >= 4 is 23.2 Å². The molecule has 0 spiro atoms. The zero-order valence-electron chi connectivity index (χ0n) is 18.4. The SMILES string of the molecule is CN1CCc2cc([C@@H](CNC(=O)C(=O)Nc3ccc(C(F)(F)F)cc3)N3CCCC3)ccc21. The van der Waals surface area contributed by atoms with Gasteiger partial charge >= 0.3 is 18.0 Å². The number of hydrogen-bond donors (Lipinski definition) is 2. The predicted octanol–water partition coefficient (Wildman–Crippen LogP) is 3.59. The van der Waals surface area contributed by atoms with E-state index in [1.54, 1.807) is 0 Å². The van der Waals surface area contributed by atoms with Crippen LogP contribution in [-0.2, 0) is 22.2 Å². The minimum atomic E-state index is -4.46. The number of likely N-dealkylation sites (N-methyl/N-ethyl adjacent to an activating group) is 1. The van der Waals surface area contributed by atoms with Crippen molar-refractivity contribution in [3.63, 3.8) is 0 Å². The molecule has 176 valence electrons. The number of halogens is 3. The summed E-state index contributed by atoms with van der Waals surface area (Å²) in [7, 11) is 2.07. The summed E-state index contributed by atoms with van der Waals surface area (Å²) in [6, 6.07) is 10.3. The van der Waals surface area contributed by atoms with E-state index in [0.717, 1.165) is 68.7 Å². The molecule has 9 heteroatoms. The number of benzene rings is 2. The van der Waals surface area contributed by atoms with E-state index < -0.39 is 23.6 Å². The highest BCUT2D eigenvalue weighted by molar-refractivity contribution is 6.39. The second-order valence-electron chi connectivity index (χ2n) is 8.56. The van der Waals surface area contributed by atoms with Crippen LogP contribution in [0.3, 0.4) is 0 Å². The Morgan fingerprint density at radius 1 is 1.00 bits per heavy atom. The van der Waals surface area contributed by atoms with Crippen LogP contribution >= 0.6 is 0 Å². The zero-order chi connectivity index (χ0) is 23.6. The summed E-state index contributed by atoms with van der Waals surface area (Å²) in [5.74, 6) is -1.73. The molecular weight excluding hydrogens is 433 g/mol. The first-order chi connectivity index (χ1) is 15.7. The molecule has 2 N–H and O–H groups in total. The van der Waals surface area contributed by atoms with Gasteiger partial charge in [0.1, 0.15) is 0 Å². The molecule has 2 heterocycles. The molecule has 6 nitrogen and oxygen atoms in total. The largest absolute Gasteiger partial charge is 0.416 e. The summed E-state index contributed by atoms with van der Waals surface area (Å²) in [6.45, 7) is 3.10. The average molecular weight is 461 g/mol. The predicted molar refractivity (Wildman–Crippen MR) is 120 cm³/mol. The minimum absolute atomic E-state index is 0.0495. The van der Waals surface area contributed by atoms with E-state index in [1.165, 1.54) is 11.3 Å². The number of likely N-dealkylation sites (tertiary alicyclic amines) is 1. The summed E-state index contributed by atoms with van der Waals surface area (Å²) in [6.07, 6.45) is -1.30. The number of amides is 2. The fourth-order valence-electron chi connectivity index (χ4n) is 4.51. The molecule has 2 aromatic rings. The molecule has 2 amide bonds. The van der Waals surface area contributed by atoms with Gasteiger partial charge in [-0.15, -0.1) is 0 Å².